The first kappa shape index (κ1) is 24.0. The van der Waals surface area contributed by atoms with E-state index in [2.05, 4.69) is 6.92 Å². The zero-order valence-electron chi connectivity index (χ0n) is 19.6. The van der Waals surface area contributed by atoms with Crippen molar-refractivity contribution >= 4 is 11.9 Å². The Kier molecular flexibility index (Phi) is 8.14. The van der Waals surface area contributed by atoms with Crippen molar-refractivity contribution in [1.29, 1.82) is 0 Å². The molecule has 6 heteroatoms. The van der Waals surface area contributed by atoms with Gasteiger partial charge in [-0.05, 0) is 68.6 Å². The van der Waals surface area contributed by atoms with Gasteiger partial charge in [0.2, 0.25) is 0 Å². The zero-order valence-corrected chi connectivity index (χ0v) is 19.6. The molecule has 1 heterocycles. The van der Waals surface area contributed by atoms with Crippen LogP contribution in [-0.2, 0) is 19.1 Å². The molecule has 4 aliphatic rings. The minimum absolute atomic E-state index is 0.0200. The Morgan fingerprint density at radius 1 is 1.06 bits per heavy atom. The van der Waals surface area contributed by atoms with Crippen molar-refractivity contribution < 1.29 is 29.3 Å². The summed E-state index contributed by atoms with van der Waals surface area (Å²) in [5.41, 5.74) is 0. The summed E-state index contributed by atoms with van der Waals surface area (Å²) in [6, 6.07) is 0. The lowest BCUT2D eigenvalue weighted by molar-refractivity contribution is -0.171. The number of cyclic esters (lactones) is 1. The standard InChI is InChI=1S/C26H42O6/c1-16-7-8-19-11-17(15-27)12-23(32-26(30)18-5-3-2-4-6-18)25(19)22(16)10-9-21-13-20(28)14-24(29)31-21/h16-23,25,27-28H,2-15H2,1H3/t16-,17-,19-,20+,21+,22-,23-,25-/m0/s1. The number of carbonyl (C=O) groups is 2. The smallest absolute Gasteiger partial charge is 0.309 e. The van der Waals surface area contributed by atoms with Crippen molar-refractivity contribution in [3.05, 3.63) is 0 Å². The number of carbonyl (C=O) groups excluding carboxylic acids is 2. The van der Waals surface area contributed by atoms with Crippen LogP contribution in [0.4, 0.5) is 0 Å². The molecule has 4 rings (SSSR count). The molecule has 1 aliphatic heterocycles. The van der Waals surface area contributed by atoms with E-state index in [1.165, 1.54) is 6.42 Å². The van der Waals surface area contributed by atoms with Crippen molar-refractivity contribution in [3.8, 4) is 0 Å². The monoisotopic (exact) mass is 450 g/mol. The summed E-state index contributed by atoms with van der Waals surface area (Å²) < 4.78 is 11.8. The second kappa shape index (κ2) is 10.9. The second-order valence-electron chi connectivity index (χ2n) is 11.2. The summed E-state index contributed by atoms with van der Waals surface area (Å²) >= 11 is 0. The number of rotatable bonds is 6. The third-order valence-electron chi connectivity index (χ3n) is 8.92. The van der Waals surface area contributed by atoms with Gasteiger partial charge in [-0.3, -0.25) is 9.59 Å². The molecule has 2 N–H and O–H groups in total. The predicted octanol–water partition coefficient (Wildman–Crippen LogP) is 4.01. The number of fused-ring (bicyclic) bond motifs is 1. The number of hydrogen-bond acceptors (Lipinski definition) is 6. The number of hydrogen-bond donors (Lipinski definition) is 2. The van der Waals surface area contributed by atoms with Crippen molar-refractivity contribution in [2.75, 3.05) is 6.61 Å². The maximum atomic E-state index is 13.0. The second-order valence-corrected chi connectivity index (χ2v) is 11.2. The molecule has 182 valence electrons. The molecule has 3 saturated carbocycles. The molecule has 0 spiro atoms. The van der Waals surface area contributed by atoms with Gasteiger partial charge < -0.3 is 19.7 Å². The van der Waals surface area contributed by atoms with Gasteiger partial charge in [-0.25, -0.2) is 0 Å². The normalized spacial score (nSPS) is 40.9. The van der Waals surface area contributed by atoms with E-state index in [0.29, 0.717) is 30.1 Å². The molecule has 0 amide bonds. The number of esters is 2. The van der Waals surface area contributed by atoms with Crippen molar-refractivity contribution in [1.82, 2.24) is 0 Å². The fraction of sp³-hybridized carbons (Fsp3) is 0.923. The highest BCUT2D eigenvalue weighted by Gasteiger charge is 2.48. The summed E-state index contributed by atoms with van der Waals surface area (Å²) in [5, 5.41) is 19.9. The van der Waals surface area contributed by atoms with E-state index in [1.807, 2.05) is 0 Å². The molecule has 0 bridgehead atoms. The molecule has 0 radical (unpaired) electrons. The fourth-order valence-electron chi connectivity index (χ4n) is 7.23. The lowest BCUT2D eigenvalue weighted by Crippen LogP contribution is -2.48. The molecular formula is C26H42O6. The molecule has 3 aliphatic carbocycles. The molecule has 0 aromatic heterocycles. The Morgan fingerprint density at radius 3 is 2.56 bits per heavy atom. The topological polar surface area (TPSA) is 93.1 Å². The van der Waals surface area contributed by atoms with Crippen LogP contribution in [0.15, 0.2) is 0 Å². The third kappa shape index (κ3) is 5.67. The summed E-state index contributed by atoms with van der Waals surface area (Å²) in [4.78, 5) is 24.8. The lowest BCUT2D eigenvalue weighted by atomic mass is 9.58. The summed E-state index contributed by atoms with van der Waals surface area (Å²) in [7, 11) is 0. The van der Waals surface area contributed by atoms with Gasteiger partial charge in [0.15, 0.2) is 0 Å². The van der Waals surface area contributed by atoms with Crippen molar-refractivity contribution in [3.63, 3.8) is 0 Å². The van der Waals surface area contributed by atoms with Crippen LogP contribution in [-0.4, -0.2) is 47.1 Å². The minimum Gasteiger partial charge on any atom is -0.462 e. The van der Waals surface area contributed by atoms with Crippen LogP contribution in [0, 0.1) is 35.5 Å². The first-order chi connectivity index (χ1) is 15.4. The minimum atomic E-state index is -0.595. The van der Waals surface area contributed by atoms with Gasteiger partial charge in [0, 0.05) is 18.9 Å². The van der Waals surface area contributed by atoms with Gasteiger partial charge in [0.05, 0.1) is 18.4 Å². The number of aliphatic hydroxyl groups excluding tert-OH is 2. The summed E-state index contributed by atoms with van der Waals surface area (Å²) in [6.45, 7) is 2.47. The molecule has 0 aromatic carbocycles. The van der Waals surface area contributed by atoms with Crippen LogP contribution in [0.2, 0.25) is 0 Å². The van der Waals surface area contributed by atoms with Gasteiger partial charge >= 0.3 is 11.9 Å². The van der Waals surface area contributed by atoms with Crippen LogP contribution in [0.1, 0.15) is 90.4 Å². The average Bonchev–Trinajstić information content (AvgIpc) is 2.78. The molecule has 0 unspecified atom stereocenters. The predicted molar refractivity (Wildman–Crippen MR) is 119 cm³/mol. The third-order valence-corrected chi connectivity index (χ3v) is 8.92. The average molecular weight is 451 g/mol. The lowest BCUT2D eigenvalue weighted by Gasteiger charge is -2.50. The first-order valence-corrected chi connectivity index (χ1v) is 13.1. The van der Waals surface area contributed by atoms with Gasteiger partial charge in [0.25, 0.3) is 0 Å². The molecule has 1 saturated heterocycles. The van der Waals surface area contributed by atoms with E-state index in [9.17, 15) is 19.8 Å². The molecular weight excluding hydrogens is 408 g/mol. The molecule has 0 aromatic rings. The van der Waals surface area contributed by atoms with Crippen LogP contribution >= 0.6 is 0 Å². The van der Waals surface area contributed by atoms with Crippen LogP contribution in [0.25, 0.3) is 0 Å². The maximum Gasteiger partial charge on any atom is 0.309 e. The number of ether oxygens (including phenoxy) is 2. The Morgan fingerprint density at radius 2 is 1.84 bits per heavy atom. The Labute approximate surface area is 192 Å². The van der Waals surface area contributed by atoms with E-state index in [-0.39, 0.29) is 49.0 Å². The Balaban J connectivity index is 1.45. The van der Waals surface area contributed by atoms with Gasteiger partial charge in [0.1, 0.15) is 12.2 Å². The Bertz CT molecular complexity index is 644. The van der Waals surface area contributed by atoms with E-state index >= 15 is 0 Å². The molecule has 8 atom stereocenters. The van der Waals surface area contributed by atoms with Gasteiger partial charge in [-0.15, -0.1) is 0 Å². The molecule has 32 heavy (non-hydrogen) atoms. The highest BCUT2D eigenvalue weighted by molar-refractivity contribution is 5.72. The van der Waals surface area contributed by atoms with Gasteiger partial charge in [-0.2, -0.15) is 0 Å². The van der Waals surface area contributed by atoms with E-state index in [4.69, 9.17) is 9.47 Å². The van der Waals surface area contributed by atoms with Crippen molar-refractivity contribution in [2.45, 2.75) is 109 Å². The van der Waals surface area contributed by atoms with Crippen LogP contribution < -0.4 is 0 Å². The van der Waals surface area contributed by atoms with E-state index < -0.39 is 6.10 Å². The SMILES string of the molecule is C[C@H]1CC[C@H]2C[C@H](CO)C[C@H](OC(=O)C3CCCCC3)[C@@H]2[C@H]1CC[C@@H]1C[C@@H](O)CC(=O)O1. The Hall–Kier alpha value is -1.14. The molecule has 4 fully saturated rings. The highest BCUT2D eigenvalue weighted by atomic mass is 16.6. The summed E-state index contributed by atoms with van der Waals surface area (Å²) in [5.74, 6) is 1.67. The summed E-state index contributed by atoms with van der Waals surface area (Å²) in [6.07, 6.45) is 10.8. The van der Waals surface area contributed by atoms with Gasteiger partial charge in [-0.1, -0.05) is 32.6 Å². The number of aliphatic hydroxyl groups is 2. The van der Waals surface area contributed by atoms with Crippen LogP contribution in [0.5, 0.6) is 0 Å². The first-order valence-electron chi connectivity index (χ1n) is 13.1. The largest absolute Gasteiger partial charge is 0.462 e. The van der Waals surface area contributed by atoms with Crippen molar-refractivity contribution in [2.24, 2.45) is 35.5 Å². The highest BCUT2D eigenvalue weighted by Crippen LogP contribution is 2.51. The quantitative estimate of drug-likeness (QED) is 0.594. The molecule has 6 nitrogen and oxygen atoms in total. The fourth-order valence-corrected chi connectivity index (χ4v) is 7.23. The zero-order chi connectivity index (χ0) is 22.7. The van der Waals surface area contributed by atoms with Crippen LogP contribution in [0.3, 0.4) is 0 Å². The van der Waals surface area contributed by atoms with E-state index in [1.54, 1.807) is 0 Å². The van der Waals surface area contributed by atoms with E-state index in [0.717, 1.165) is 64.2 Å². The maximum absolute atomic E-state index is 13.0.